The van der Waals surface area contributed by atoms with Gasteiger partial charge in [-0.3, -0.25) is 4.98 Å². The molecule has 0 saturated carbocycles. The van der Waals surface area contributed by atoms with E-state index in [1.54, 1.807) is 6.92 Å². The number of pyridine rings is 1. The van der Waals surface area contributed by atoms with Crippen molar-refractivity contribution < 1.29 is 9.53 Å². The SMILES string of the molecule is CCOC(=O)c1cnc(NC2Cc3cccnc3C2)nc1. The minimum absolute atomic E-state index is 0.239. The maximum atomic E-state index is 11.5. The Morgan fingerprint density at radius 2 is 2.14 bits per heavy atom. The molecule has 2 aromatic rings. The average molecular weight is 284 g/mol. The van der Waals surface area contributed by atoms with Crippen molar-refractivity contribution in [2.45, 2.75) is 25.8 Å². The first kappa shape index (κ1) is 13.5. The van der Waals surface area contributed by atoms with Crippen LogP contribution in [0.15, 0.2) is 30.7 Å². The summed E-state index contributed by atoms with van der Waals surface area (Å²) < 4.78 is 4.90. The molecule has 0 radical (unpaired) electrons. The molecule has 1 atom stereocenters. The first-order chi connectivity index (χ1) is 10.3. The molecule has 0 amide bonds. The Hall–Kier alpha value is -2.50. The van der Waals surface area contributed by atoms with E-state index in [9.17, 15) is 4.79 Å². The van der Waals surface area contributed by atoms with Gasteiger partial charge in [0.2, 0.25) is 5.95 Å². The second-order valence-electron chi connectivity index (χ2n) is 4.87. The van der Waals surface area contributed by atoms with E-state index in [1.807, 2.05) is 12.3 Å². The standard InChI is InChI=1S/C15H16N4O2/c1-2-21-14(20)11-8-17-15(18-9-11)19-12-6-10-4-3-5-16-13(10)7-12/h3-5,8-9,12H,2,6-7H2,1H3,(H,17,18,19). The zero-order valence-electron chi connectivity index (χ0n) is 11.7. The number of esters is 1. The highest BCUT2D eigenvalue weighted by Crippen LogP contribution is 2.21. The zero-order chi connectivity index (χ0) is 14.7. The predicted octanol–water partition coefficient (Wildman–Crippen LogP) is 1.63. The lowest BCUT2D eigenvalue weighted by atomic mass is 10.2. The third-order valence-electron chi connectivity index (χ3n) is 3.39. The number of hydrogen-bond donors (Lipinski definition) is 1. The van der Waals surface area contributed by atoms with Crippen molar-refractivity contribution in [1.82, 2.24) is 15.0 Å². The summed E-state index contributed by atoms with van der Waals surface area (Å²) in [6.45, 7) is 2.10. The highest BCUT2D eigenvalue weighted by molar-refractivity contribution is 5.88. The number of hydrogen-bond acceptors (Lipinski definition) is 6. The Morgan fingerprint density at radius 3 is 2.86 bits per heavy atom. The van der Waals surface area contributed by atoms with Crippen LogP contribution < -0.4 is 5.32 Å². The van der Waals surface area contributed by atoms with Gasteiger partial charge in [-0.25, -0.2) is 14.8 Å². The fraction of sp³-hybridized carbons (Fsp3) is 0.333. The molecular formula is C15H16N4O2. The number of anilines is 1. The molecule has 1 N–H and O–H groups in total. The topological polar surface area (TPSA) is 77.0 Å². The van der Waals surface area contributed by atoms with Crippen LogP contribution in [0.25, 0.3) is 0 Å². The van der Waals surface area contributed by atoms with Crippen LogP contribution in [0.1, 0.15) is 28.5 Å². The largest absolute Gasteiger partial charge is 0.462 e. The van der Waals surface area contributed by atoms with E-state index in [1.165, 1.54) is 18.0 Å². The smallest absolute Gasteiger partial charge is 0.341 e. The number of nitrogens with zero attached hydrogens (tertiary/aromatic N) is 3. The molecule has 2 heterocycles. The van der Waals surface area contributed by atoms with Crippen molar-refractivity contribution in [2.75, 3.05) is 11.9 Å². The van der Waals surface area contributed by atoms with Gasteiger partial charge in [0.15, 0.2) is 0 Å². The maximum absolute atomic E-state index is 11.5. The molecule has 0 aliphatic heterocycles. The Balaban J connectivity index is 1.63. The monoisotopic (exact) mass is 284 g/mol. The molecule has 108 valence electrons. The lowest BCUT2D eigenvalue weighted by Crippen LogP contribution is -2.21. The molecule has 0 bridgehead atoms. The third-order valence-corrected chi connectivity index (χ3v) is 3.39. The van der Waals surface area contributed by atoms with E-state index in [0.717, 1.165) is 18.5 Å². The van der Waals surface area contributed by atoms with E-state index in [2.05, 4.69) is 26.3 Å². The third kappa shape index (κ3) is 2.99. The number of ether oxygens (including phenoxy) is 1. The van der Waals surface area contributed by atoms with Crippen LogP contribution in [-0.2, 0) is 17.6 Å². The highest BCUT2D eigenvalue weighted by Gasteiger charge is 2.22. The molecule has 1 aliphatic carbocycles. The predicted molar refractivity (Wildman–Crippen MR) is 77.0 cm³/mol. The molecule has 0 spiro atoms. The van der Waals surface area contributed by atoms with Crippen molar-refractivity contribution >= 4 is 11.9 Å². The summed E-state index contributed by atoms with van der Waals surface area (Å²) in [5.41, 5.74) is 2.75. The van der Waals surface area contributed by atoms with Gasteiger partial charge in [-0.1, -0.05) is 6.07 Å². The molecule has 0 aromatic carbocycles. The molecule has 1 unspecified atom stereocenters. The van der Waals surface area contributed by atoms with E-state index < -0.39 is 5.97 Å². The fourth-order valence-corrected chi connectivity index (χ4v) is 2.42. The van der Waals surface area contributed by atoms with Crippen LogP contribution in [0.3, 0.4) is 0 Å². The molecule has 1 aliphatic rings. The van der Waals surface area contributed by atoms with Gasteiger partial charge in [-0.05, 0) is 25.0 Å². The first-order valence-electron chi connectivity index (χ1n) is 6.94. The van der Waals surface area contributed by atoms with Crippen molar-refractivity contribution in [3.63, 3.8) is 0 Å². The Morgan fingerprint density at radius 1 is 1.33 bits per heavy atom. The minimum Gasteiger partial charge on any atom is -0.462 e. The van der Waals surface area contributed by atoms with Gasteiger partial charge < -0.3 is 10.1 Å². The van der Waals surface area contributed by atoms with E-state index in [4.69, 9.17) is 4.74 Å². The van der Waals surface area contributed by atoms with Gasteiger partial charge in [0.1, 0.15) is 0 Å². The normalized spacial score (nSPS) is 16.3. The lowest BCUT2D eigenvalue weighted by molar-refractivity contribution is 0.0525. The van der Waals surface area contributed by atoms with Gasteiger partial charge in [-0.2, -0.15) is 0 Å². The quantitative estimate of drug-likeness (QED) is 0.860. The van der Waals surface area contributed by atoms with Gasteiger partial charge >= 0.3 is 5.97 Å². The summed E-state index contributed by atoms with van der Waals surface area (Å²) >= 11 is 0. The summed E-state index contributed by atoms with van der Waals surface area (Å²) in [5.74, 6) is 0.113. The number of rotatable bonds is 4. The van der Waals surface area contributed by atoms with Crippen LogP contribution in [0.4, 0.5) is 5.95 Å². The van der Waals surface area contributed by atoms with Gasteiger partial charge in [0.25, 0.3) is 0 Å². The van der Waals surface area contributed by atoms with E-state index in [0.29, 0.717) is 18.1 Å². The zero-order valence-corrected chi connectivity index (χ0v) is 11.7. The molecule has 3 rings (SSSR count). The number of carbonyl (C=O) groups excluding carboxylic acids is 1. The second kappa shape index (κ2) is 5.87. The van der Waals surface area contributed by atoms with Crippen LogP contribution in [0, 0.1) is 0 Å². The minimum atomic E-state index is -0.401. The lowest BCUT2D eigenvalue weighted by Gasteiger charge is -2.11. The highest BCUT2D eigenvalue weighted by atomic mass is 16.5. The molecule has 2 aromatic heterocycles. The van der Waals surface area contributed by atoms with Crippen LogP contribution in [0.2, 0.25) is 0 Å². The first-order valence-corrected chi connectivity index (χ1v) is 6.94. The van der Waals surface area contributed by atoms with E-state index >= 15 is 0 Å². The second-order valence-corrected chi connectivity index (χ2v) is 4.87. The average Bonchev–Trinajstić information content (AvgIpc) is 2.90. The molecule has 0 saturated heterocycles. The molecule has 6 nitrogen and oxygen atoms in total. The Kier molecular flexibility index (Phi) is 3.77. The summed E-state index contributed by atoms with van der Waals surface area (Å²) in [4.78, 5) is 24.2. The fourth-order valence-electron chi connectivity index (χ4n) is 2.42. The van der Waals surface area contributed by atoms with Crippen LogP contribution in [-0.4, -0.2) is 33.6 Å². The number of aromatic nitrogens is 3. The molecule has 0 fully saturated rings. The van der Waals surface area contributed by atoms with Crippen molar-refractivity contribution in [3.05, 3.63) is 47.5 Å². The molecule has 6 heteroatoms. The molecule has 21 heavy (non-hydrogen) atoms. The summed E-state index contributed by atoms with van der Waals surface area (Å²) in [5, 5.41) is 3.27. The van der Waals surface area contributed by atoms with Crippen molar-refractivity contribution in [1.29, 1.82) is 0 Å². The molecular weight excluding hydrogens is 268 g/mol. The van der Waals surface area contributed by atoms with Crippen molar-refractivity contribution in [3.8, 4) is 0 Å². The van der Waals surface area contributed by atoms with Gasteiger partial charge in [-0.15, -0.1) is 0 Å². The number of fused-ring (bicyclic) bond motifs is 1. The van der Waals surface area contributed by atoms with E-state index in [-0.39, 0.29) is 6.04 Å². The van der Waals surface area contributed by atoms with Gasteiger partial charge in [0, 0.05) is 36.7 Å². The summed E-state index contributed by atoms with van der Waals surface area (Å²) in [6, 6.07) is 4.28. The summed E-state index contributed by atoms with van der Waals surface area (Å²) in [7, 11) is 0. The Bertz CT molecular complexity index is 617. The van der Waals surface area contributed by atoms with Crippen LogP contribution in [0.5, 0.6) is 0 Å². The van der Waals surface area contributed by atoms with Crippen molar-refractivity contribution in [2.24, 2.45) is 0 Å². The number of nitrogens with one attached hydrogen (secondary N) is 1. The number of carbonyl (C=O) groups is 1. The summed E-state index contributed by atoms with van der Waals surface area (Å²) in [6.07, 6.45) is 6.54. The maximum Gasteiger partial charge on any atom is 0.341 e. The van der Waals surface area contributed by atoms with Gasteiger partial charge in [0.05, 0.1) is 12.2 Å². The Labute approximate surface area is 122 Å². The van der Waals surface area contributed by atoms with Crippen LogP contribution >= 0.6 is 0 Å².